The van der Waals surface area contributed by atoms with Gasteiger partial charge in [-0.2, -0.15) is 8.80 Å². The van der Waals surface area contributed by atoms with Crippen LogP contribution in [0.4, 0.5) is 5.69 Å². The van der Waals surface area contributed by atoms with Crippen molar-refractivity contribution in [3.63, 3.8) is 0 Å². The van der Waals surface area contributed by atoms with E-state index >= 15 is 0 Å². The Hall–Kier alpha value is -3.12. The number of hydrogen-bond acceptors (Lipinski definition) is 8. The van der Waals surface area contributed by atoms with Crippen molar-refractivity contribution in [1.29, 1.82) is 0 Å². The van der Waals surface area contributed by atoms with Crippen LogP contribution in [0.2, 0.25) is 0 Å². The minimum Gasteiger partial charge on any atom is -0.493 e. The second kappa shape index (κ2) is 9.32. The Morgan fingerprint density at radius 2 is 1.35 bits per heavy atom. The summed E-state index contributed by atoms with van der Waals surface area (Å²) in [6.07, 6.45) is 3.50. The smallest absolute Gasteiger partial charge is 0.231 e. The molecule has 12 heteroatoms. The summed E-state index contributed by atoms with van der Waals surface area (Å²) in [7, 11) is -0.191. The predicted octanol–water partition coefficient (Wildman–Crippen LogP) is 3.99. The number of fused-ring (bicyclic) bond motifs is 7. The number of benzene rings is 2. The molecule has 1 N–H and O–H groups in total. The molecular weight excluding hydrogens is 518 g/mol. The van der Waals surface area contributed by atoms with Gasteiger partial charge in [0.1, 0.15) is 22.0 Å². The summed E-state index contributed by atoms with van der Waals surface area (Å²) >= 11 is 0. The molecule has 0 saturated heterocycles. The summed E-state index contributed by atoms with van der Waals surface area (Å²) in [4.78, 5) is 0. The van der Waals surface area contributed by atoms with E-state index in [4.69, 9.17) is 23.7 Å². The second-order valence-electron chi connectivity index (χ2n) is 9.98. The van der Waals surface area contributed by atoms with Gasteiger partial charge in [0, 0.05) is 34.7 Å². The molecule has 198 valence electrons. The van der Waals surface area contributed by atoms with Crippen molar-refractivity contribution in [1.82, 2.24) is 0 Å². The minimum atomic E-state index is -1.64. The summed E-state index contributed by atoms with van der Waals surface area (Å²) in [5.74, 6) is 2.36. The monoisotopic (exact) mass is 547 g/mol. The number of hydrogen-bond donors (Lipinski definition) is 1. The number of methoxy groups -OCH3 is 2. The van der Waals surface area contributed by atoms with Gasteiger partial charge in [-0.1, -0.05) is 0 Å². The maximum Gasteiger partial charge on any atom is 0.231 e. The second-order valence-corrected chi connectivity index (χ2v) is 13.6. The molecule has 0 saturated carbocycles. The standard InChI is InChI=1S/C25H29N3O7S2/c1-24(2)11-25(3,4)37(30)28-10-15-8-17(32-6)22-23(35-13-34-22)19(15)18-14(9-27-36(24)29)7-16(31-5)21-20(18)26-12-33-21/h7-10,26H,11-13H2,1-6H3/b27-9+,28-10+. The molecule has 0 aromatic heterocycles. The third-order valence-corrected chi connectivity index (χ3v) is 9.22. The van der Waals surface area contributed by atoms with Gasteiger partial charge in [0.2, 0.25) is 12.5 Å². The van der Waals surface area contributed by atoms with Crippen LogP contribution in [-0.2, 0) is 22.0 Å². The molecule has 0 radical (unpaired) electrons. The summed E-state index contributed by atoms with van der Waals surface area (Å²) < 4.78 is 62.8. The molecule has 37 heavy (non-hydrogen) atoms. The SMILES string of the molecule is COc1cc2c(c3c1OCN3)-c1c(cc(OC)c3c1OCO3)/C=N/S(=O)C(C)(C)CC(C)(C)S(=O)/N=C/2. The van der Waals surface area contributed by atoms with Gasteiger partial charge in [-0.25, -0.2) is 8.42 Å². The zero-order valence-corrected chi connectivity index (χ0v) is 23.1. The van der Waals surface area contributed by atoms with Crippen LogP contribution >= 0.6 is 0 Å². The highest BCUT2D eigenvalue weighted by Gasteiger charge is 2.39. The molecule has 0 amide bonds. The molecule has 2 unspecified atom stereocenters. The van der Waals surface area contributed by atoms with Crippen LogP contribution in [0.25, 0.3) is 11.1 Å². The van der Waals surface area contributed by atoms with Gasteiger partial charge in [0.05, 0.1) is 29.4 Å². The van der Waals surface area contributed by atoms with Crippen LogP contribution in [0.5, 0.6) is 28.7 Å². The Bertz CT molecular complexity index is 1280. The van der Waals surface area contributed by atoms with Crippen LogP contribution in [0, 0.1) is 0 Å². The van der Waals surface area contributed by atoms with E-state index in [1.165, 1.54) is 7.11 Å². The molecule has 3 heterocycles. The zero-order chi connectivity index (χ0) is 26.5. The molecule has 0 spiro atoms. The normalized spacial score (nSPS) is 24.5. The highest BCUT2D eigenvalue weighted by atomic mass is 32.2. The third kappa shape index (κ3) is 4.35. The van der Waals surface area contributed by atoms with E-state index in [-0.39, 0.29) is 13.5 Å². The topological polar surface area (TPSA) is 117 Å². The Morgan fingerprint density at radius 3 is 1.95 bits per heavy atom. The molecule has 0 bridgehead atoms. The Kier molecular flexibility index (Phi) is 6.43. The van der Waals surface area contributed by atoms with Gasteiger partial charge in [-0.05, 0) is 46.2 Å². The van der Waals surface area contributed by atoms with Crippen molar-refractivity contribution in [2.75, 3.05) is 33.1 Å². The molecule has 5 rings (SSSR count). The Morgan fingerprint density at radius 1 is 0.811 bits per heavy atom. The van der Waals surface area contributed by atoms with Crippen LogP contribution in [0.15, 0.2) is 20.9 Å². The first kappa shape index (κ1) is 25.5. The maximum absolute atomic E-state index is 13.4. The minimum absolute atomic E-state index is 0.00214. The van der Waals surface area contributed by atoms with Gasteiger partial charge in [-0.3, -0.25) is 0 Å². The average Bonchev–Trinajstić information content (AvgIpc) is 3.53. The van der Waals surface area contributed by atoms with Crippen LogP contribution in [0.1, 0.15) is 45.2 Å². The average molecular weight is 548 g/mol. The Balaban J connectivity index is 1.88. The van der Waals surface area contributed by atoms with E-state index in [0.29, 0.717) is 63.1 Å². The third-order valence-electron chi connectivity index (χ3n) is 6.44. The first-order chi connectivity index (χ1) is 17.6. The van der Waals surface area contributed by atoms with Gasteiger partial charge in [-0.15, -0.1) is 0 Å². The molecule has 0 aliphatic carbocycles. The number of nitrogens with one attached hydrogen (secondary N) is 1. The number of anilines is 1. The highest BCUT2D eigenvalue weighted by molar-refractivity contribution is 7.86. The van der Waals surface area contributed by atoms with Crippen molar-refractivity contribution in [2.45, 2.75) is 43.6 Å². The van der Waals surface area contributed by atoms with E-state index in [9.17, 15) is 8.42 Å². The predicted molar refractivity (Wildman–Crippen MR) is 144 cm³/mol. The van der Waals surface area contributed by atoms with E-state index in [1.54, 1.807) is 31.7 Å². The van der Waals surface area contributed by atoms with Crippen molar-refractivity contribution in [3.8, 4) is 39.9 Å². The lowest BCUT2D eigenvalue weighted by molar-refractivity contribution is 0.171. The van der Waals surface area contributed by atoms with Crippen LogP contribution < -0.4 is 29.0 Å². The van der Waals surface area contributed by atoms with Crippen molar-refractivity contribution < 1.29 is 32.1 Å². The molecule has 2 atom stereocenters. The van der Waals surface area contributed by atoms with Gasteiger partial charge >= 0.3 is 0 Å². The van der Waals surface area contributed by atoms with Crippen molar-refractivity contribution >= 4 is 40.1 Å². The van der Waals surface area contributed by atoms with E-state index < -0.39 is 31.5 Å². The molecule has 3 aliphatic rings. The summed E-state index contributed by atoms with van der Waals surface area (Å²) in [6, 6.07) is 3.55. The van der Waals surface area contributed by atoms with E-state index in [0.717, 1.165) is 0 Å². The first-order valence-electron chi connectivity index (χ1n) is 11.6. The fourth-order valence-electron chi connectivity index (χ4n) is 4.89. The quantitative estimate of drug-likeness (QED) is 0.600. The van der Waals surface area contributed by atoms with E-state index in [1.807, 2.05) is 27.7 Å². The summed E-state index contributed by atoms with van der Waals surface area (Å²) in [6.45, 7) is 7.62. The van der Waals surface area contributed by atoms with Crippen molar-refractivity contribution in [3.05, 3.63) is 23.3 Å². The largest absolute Gasteiger partial charge is 0.493 e. The van der Waals surface area contributed by atoms with Gasteiger partial charge in [0.15, 0.2) is 29.7 Å². The lowest BCUT2D eigenvalue weighted by Gasteiger charge is -2.30. The van der Waals surface area contributed by atoms with Crippen molar-refractivity contribution in [2.24, 2.45) is 8.80 Å². The number of ether oxygens (including phenoxy) is 5. The fourth-order valence-corrected chi connectivity index (χ4v) is 6.94. The van der Waals surface area contributed by atoms with E-state index in [2.05, 4.69) is 14.1 Å². The molecule has 2 aromatic carbocycles. The Labute approximate surface area is 220 Å². The van der Waals surface area contributed by atoms with Gasteiger partial charge < -0.3 is 29.0 Å². The zero-order valence-electron chi connectivity index (χ0n) is 21.5. The molecular formula is C25H29N3O7S2. The summed E-state index contributed by atoms with van der Waals surface area (Å²) in [5.41, 5.74) is 3.16. The number of nitrogens with zero attached hydrogens (tertiary/aromatic N) is 2. The summed E-state index contributed by atoms with van der Waals surface area (Å²) in [5, 5.41) is 3.27. The maximum atomic E-state index is 13.4. The van der Waals surface area contributed by atoms with Gasteiger partial charge in [0.25, 0.3) is 0 Å². The number of rotatable bonds is 2. The molecule has 3 aliphatic heterocycles. The highest BCUT2D eigenvalue weighted by Crippen LogP contribution is 2.55. The molecule has 2 aromatic rings. The molecule has 10 nitrogen and oxygen atoms in total. The first-order valence-corrected chi connectivity index (χ1v) is 13.8. The van der Waals surface area contributed by atoms with Crippen LogP contribution in [-0.4, -0.2) is 58.1 Å². The molecule has 0 fully saturated rings. The lowest BCUT2D eigenvalue weighted by Crippen LogP contribution is -2.38. The lowest BCUT2D eigenvalue weighted by atomic mass is 9.92. The fraction of sp³-hybridized carbons (Fsp3) is 0.440. The van der Waals surface area contributed by atoms with Crippen LogP contribution in [0.3, 0.4) is 0 Å².